The molecule has 4 rings (SSSR count). The van der Waals surface area contributed by atoms with Crippen molar-refractivity contribution in [2.24, 2.45) is 0 Å². The molecule has 1 aliphatic rings. The van der Waals surface area contributed by atoms with Crippen LogP contribution in [0.4, 0.5) is 14.9 Å². The summed E-state index contributed by atoms with van der Waals surface area (Å²) in [5, 5.41) is 22.9. The van der Waals surface area contributed by atoms with Crippen LogP contribution >= 0.6 is 11.6 Å². The van der Waals surface area contributed by atoms with Crippen LogP contribution in [0.15, 0.2) is 60.7 Å². The van der Waals surface area contributed by atoms with E-state index in [4.69, 9.17) is 22.1 Å². The Labute approximate surface area is 189 Å². The molecule has 6 nitrogen and oxygen atoms in total. The van der Waals surface area contributed by atoms with E-state index in [0.29, 0.717) is 0 Å². The van der Waals surface area contributed by atoms with Crippen LogP contribution in [-0.4, -0.2) is 35.6 Å². The fourth-order valence-electron chi connectivity index (χ4n) is 3.96. The summed E-state index contributed by atoms with van der Waals surface area (Å²) in [6, 6.07) is 18.0. The summed E-state index contributed by atoms with van der Waals surface area (Å²) in [4.78, 5) is 12.2. The fraction of sp³-hybridized carbons (Fsp3) is 0.208. The van der Waals surface area contributed by atoms with Gasteiger partial charge in [-0.2, -0.15) is 0 Å². The molecule has 0 spiro atoms. The van der Waals surface area contributed by atoms with Crippen molar-refractivity contribution in [3.8, 4) is 11.1 Å². The van der Waals surface area contributed by atoms with Crippen LogP contribution in [0.3, 0.4) is 0 Å². The van der Waals surface area contributed by atoms with Crippen molar-refractivity contribution >= 4 is 23.4 Å². The number of anilines is 1. The Bertz CT molecular complexity index is 1110. The molecule has 0 aliphatic heterocycles. The summed E-state index contributed by atoms with van der Waals surface area (Å²) in [6.45, 7) is -0.201. The Balaban J connectivity index is 1.35. The average Bonchev–Trinajstić information content (AvgIpc) is 3.11. The second-order valence-electron chi connectivity index (χ2n) is 7.61. The van der Waals surface area contributed by atoms with Gasteiger partial charge in [0.1, 0.15) is 24.6 Å². The zero-order chi connectivity index (χ0) is 22.8. The number of rotatable bonds is 6. The van der Waals surface area contributed by atoms with E-state index in [0.717, 1.165) is 34.4 Å². The molecule has 0 aromatic heterocycles. The first-order valence-electron chi connectivity index (χ1n) is 10.1. The minimum absolute atomic E-state index is 0.0107. The van der Waals surface area contributed by atoms with Gasteiger partial charge in [-0.1, -0.05) is 60.1 Å². The molecule has 3 aromatic rings. The molecule has 0 heterocycles. The Morgan fingerprint density at radius 1 is 1.09 bits per heavy atom. The molecule has 5 N–H and O–H groups in total. The van der Waals surface area contributed by atoms with Crippen molar-refractivity contribution in [2.75, 3.05) is 18.9 Å². The maximum absolute atomic E-state index is 13.7. The van der Waals surface area contributed by atoms with Crippen molar-refractivity contribution < 1.29 is 24.1 Å². The Hall–Kier alpha value is -3.13. The number of alkyl carbamates (subject to hydrolysis) is 1. The highest BCUT2D eigenvalue weighted by Crippen LogP contribution is 2.44. The van der Waals surface area contributed by atoms with Gasteiger partial charge in [0.25, 0.3) is 0 Å². The summed E-state index contributed by atoms with van der Waals surface area (Å²) < 4.78 is 19.1. The lowest BCUT2D eigenvalue weighted by Gasteiger charge is -2.20. The SMILES string of the molecule is Nc1cc(Cl)c(C(O)C(O)CNC(=O)OCC2c3ccccc3-c3ccccc32)cc1F. The summed E-state index contributed by atoms with van der Waals surface area (Å²) >= 11 is 5.98. The van der Waals surface area contributed by atoms with Gasteiger partial charge in [-0.05, 0) is 34.4 Å². The highest BCUT2D eigenvalue weighted by atomic mass is 35.5. The minimum atomic E-state index is -1.52. The summed E-state index contributed by atoms with van der Waals surface area (Å²) in [6.07, 6.45) is -3.70. The third kappa shape index (κ3) is 4.27. The summed E-state index contributed by atoms with van der Waals surface area (Å²) in [5.74, 6) is -0.861. The van der Waals surface area contributed by atoms with Gasteiger partial charge >= 0.3 is 6.09 Å². The molecule has 8 heteroatoms. The Kier molecular flexibility index (Phi) is 6.32. The number of aliphatic hydroxyl groups is 2. The zero-order valence-corrected chi connectivity index (χ0v) is 17.7. The Morgan fingerprint density at radius 2 is 1.69 bits per heavy atom. The lowest BCUT2D eigenvalue weighted by atomic mass is 9.98. The van der Waals surface area contributed by atoms with Gasteiger partial charge < -0.3 is 26.0 Å². The zero-order valence-electron chi connectivity index (χ0n) is 17.0. The third-order valence-electron chi connectivity index (χ3n) is 5.60. The number of halogens is 2. The first kappa shape index (κ1) is 22.1. The van der Waals surface area contributed by atoms with Gasteiger partial charge in [0.2, 0.25) is 0 Å². The van der Waals surface area contributed by atoms with Gasteiger partial charge in [0.05, 0.1) is 5.69 Å². The molecule has 1 aliphatic carbocycles. The van der Waals surface area contributed by atoms with E-state index < -0.39 is 24.1 Å². The standard InChI is InChI=1S/C24H22ClFN2O4/c25-19-10-21(27)20(26)9-17(19)23(30)22(29)11-28-24(31)32-12-18-15-7-3-1-5-13(15)14-6-2-4-8-16(14)18/h1-10,18,22-23,29-30H,11-12,27H2,(H,28,31). The summed E-state index contributed by atoms with van der Waals surface area (Å²) in [7, 11) is 0. The monoisotopic (exact) mass is 456 g/mol. The van der Waals surface area contributed by atoms with Gasteiger partial charge in [0, 0.05) is 23.0 Å². The van der Waals surface area contributed by atoms with Crippen molar-refractivity contribution in [1.29, 1.82) is 0 Å². The van der Waals surface area contributed by atoms with Crippen molar-refractivity contribution in [3.05, 3.63) is 88.2 Å². The maximum atomic E-state index is 13.7. The van der Waals surface area contributed by atoms with E-state index in [1.165, 1.54) is 0 Å². The molecule has 1 amide bonds. The van der Waals surface area contributed by atoms with Crippen LogP contribution in [0.5, 0.6) is 0 Å². The molecule has 0 saturated carbocycles. The predicted molar refractivity (Wildman–Crippen MR) is 120 cm³/mol. The number of carbonyl (C=O) groups is 1. The lowest BCUT2D eigenvalue weighted by Crippen LogP contribution is -2.36. The van der Waals surface area contributed by atoms with Crippen LogP contribution in [-0.2, 0) is 4.74 Å². The van der Waals surface area contributed by atoms with Crippen LogP contribution < -0.4 is 11.1 Å². The van der Waals surface area contributed by atoms with Crippen molar-refractivity contribution in [2.45, 2.75) is 18.1 Å². The molecule has 166 valence electrons. The topological polar surface area (TPSA) is 105 Å². The number of nitrogens with one attached hydrogen (secondary N) is 1. The fourth-order valence-corrected chi connectivity index (χ4v) is 4.24. The second kappa shape index (κ2) is 9.16. The predicted octanol–water partition coefficient (Wildman–Crippen LogP) is 3.99. The molecule has 2 atom stereocenters. The largest absolute Gasteiger partial charge is 0.449 e. The number of hydrogen-bond acceptors (Lipinski definition) is 5. The van der Waals surface area contributed by atoms with E-state index in [1.807, 2.05) is 48.5 Å². The molecule has 0 fully saturated rings. The van der Waals surface area contributed by atoms with Crippen LogP contribution in [0, 0.1) is 5.82 Å². The number of benzene rings is 3. The number of fused-ring (bicyclic) bond motifs is 3. The summed E-state index contributed by atoms with van der Waals surface area (Å²) in [5.41, 5.74) is 9.62. The van der Waals surface area contributed by atoms with Gasteiger partial charge in [-0.3, -0.25) is 0 Å². The third-order valence-corrected chi connectivity index (χ3v) is 5.93. The van der Waals surface area contributed by atoms with E-state index in [-0.39, 0.29) is 35.3 Å². The van der Waals surface area contributed by atoms with Gasteiger partial charge in [-0.25, -0.2) is 9.18 Å². The second-order valence-corrected chi connectivity index (χ2v) is 8.02. The molecule has 0 radical (unpaired) electrons. The number of ether oxygens (including phenoxy) is 1. The smallest absolute Gasteiger partial charge is 0.407 e. The van der Waals surface area contributed by atoms with E-state index >= 15 is 0 Å². The van der Waals surface area contributed by atoms with Crippen LogP contribution in [0.1, 0.15) is 28.7 Å². The molecular weight excluding hydrogens is 435 g/mol. The molecular formula is C24H22ClFN2O4. The number of amides is 1. The molecule has 32 heavy (non-hydrogen) atoms. The molecule has 0 saturated heterocycles. The van der Waals surface area contributed by atoms with E-state index in [2.05, 4.69) is 5.32 Å². The number of aliphatic hydroxyl groups excluding tert-OH is 2. The van der Waals surface area contributed by atoms with E-state index in [9.17, 15) is 19.4 Å². The van der Waals surface area contributed by atoms with Crippen LogP contribution in [0.2, 0.25) is 5.02 Å². The first-order chi connectivity index (χ1) is 15.4. The minimum Gasteiger partial charge on any atom is -0.449 e. The number of nitrogen functional groups attached to an aromatic ring is 1. The number of nitrogens with two attached hydrogens (primary N) is 1. The van der Waals surface area contributed by atoms with Crippen molar-refractivity contribution in [1.82, 2.24) is 5.32 Å². The van der Waals surface area contributed by atoms with E-state index in [1.54, 1.807) is 0 Å². The molecule has 2 unspecified atom stereocenters. The number of hydrogen-bond donors (Lipinski definition) is 4. The quantitative estimate of drug-likeness (QED) is 0.420. The first-order valence-corrected chi connectivity index (χ1v) is 10.4. The normalized spacial score (nSPS) is 14.4. The van der Waals surface area contributed by atoms with Gasteiger partial charge in [-0.15, -0.1) is 0 Å². The lowest BCUT2D eigenvalue weighted by molar-refractivity contribution is 0.0184. The maximum Gasteiger partial charge on any atom is 0.407 e. The molecule has 3 aromatic carbocycles. The molecule has 0 bridgehead atoms. The van der Waals surface area contributed by atoms with Gasteiger partial charge in [0.15, 0.2) is 0 Å². The highest BCUT2D eigenvalue weighted by molar-refractivity contribution is 6.31. The highest BCUT2D eigenvalue weighted by Gasteiger charge is 2.29. The number of carbonyl (C=O) groups excluding carboxylic acids is 1. The Morgan fingerprint density at radius 3 is 2.31 bits per heavy atom. The average molecular weight is 457 g/mol. The van der Waals surface area contributed by atoms with Crippen LogP contribution in [0.25, 0.3) is 11.1 Å². The van der Waals surface area contributed by atoms with Crippen molar-refractivity contribution in [3.63, 3.8) is 0 Å².